The fourth-order valence-electron chi connectivity index (χ4n) is 4.69. The molecule has 2 heterocycles. The molecule has 3 fully saturated rings. The van der Waals surface area contributed by atoms with Crippen molar-refractivity contribution >= 4 is 23.6 Å². The molecule has 2 bridgehead atoms. The minimum absolute atomic E-state index is 0.178. The third-order valence-electron chi connectivity index (χ3n) is 5.85. The van der Waals surface area contributed by atoms with E-state index < -0.39 is 40.9 Å². The number of hydrogen-bond donors (Lipinski definition) is 0. The van der Waals surface area contributed by atoms with Gasteiger partial charge in [0.05, 0.1) is 0 Å². The second-order valence-electron chi connectivity index (χ2n) is 7.12. The van der Waals surface area contributed by atoms with Crippen LogP contribution in [0.15, 0.2) is 25.3 Å². The molecule has 1 saturated carbocycles. The van der Waals surface area contributed by atoms with Crippen molar-refractivity contribution < 1.29 is 19.2 Å². The Balaban J connectivity index is 2.04. The van der Waals surface area contributed by atoms with E-state index >= 15 is 0 Å². The zero-order valence-electron chi connectivity index (χ0n) is 14.4. The molecular formula is C19H24N2O4. The van der Waals surface area contributed by atoms with Crippen molar-refractivity contribution in [2.75, 3.05) is 13.1 Å². The molecule has 0 aromatic rings. The standard InChI is InChI=1S/C19H24N2O4/c1-3-5-11-20-15(22)13-17(24)21(12-6-4-2)18(25)14(16(20)23)19(13)9-7-8-10-19/h3-4,13-14H,1-2,5-12H2. The third kappa shape index (κ3) is 2.46. The predicted octanol–water partition coefficient (Wildman–Crippen LogP) is 1.67. The second kappa shape index (κ2) is 6.58. The predicted molar refractivity (Wildman–Crippen MR) is 90.9 cm³/mol. The number of amides is 4. The van der Waals surface area contributed by atoms with Crippen molar-refractivity contribution in [3.8, 4) is 0 Å². The van der Waals surface area contributed by atoms with E-state index in [-0.39, 0.29) is 13.1 Å². The number of piperidine rings is 2. The van der Waals surface area contributed by atoms with Gasteiger partial charge in [-0.25, -0.2) is 0 Å². The first-order valence-electron chi connectivity index (χ1n) is 8.92. The van der Waals surface area contributed by atoms with Crippen LogP contribution in [0.3, 0.4) is 0 Å². The average Bonchev–Trinajstić information content (AvgIpc) is 3.03. The van der Waals surface area contributed by atoms with E-state index in [2.05, 4.69) is 13.2 Å². The highest BCUT2D eigenvalue weighted by Crippen LogP contribution is 2.56. The van der Waals surface area contributed by atoms with E-state index in [1.54, 1.807) is 12.2 Å². The van der Waals surface area contributed by atoms with E-state index in [4.69, 9.17) is 0 Å². The van der Waals surface area contributed by atoms with E-state index in [0.717, 1.165) is 22.6 Å². The molecule has 25 heavy (non-hydrogen) atoms. The van der Waals surface area contributed by atoms with Crippen molar-refractivity contribution in [3.63, 3.8) is 0 Å². The van der Waals surface area contributed by atoms with Gasteiger partial charge in [-0.05, 0) is 25.7 Å². The van der Waals surface area contributed by atoms with Crippen molar-refractivity contribution in [2.24, 2.45) is 17.3 Å². The lowest BCUT2D eigenvalue weighted by Crippen LogP contribution is -2.71. The number of carbonyl (C=O) groups is 4. The molecule has 2 saturated heterocycles. The van der Waals surface area contributed by atoms with Gasteiger partial charge in [-0.15, -0.1) is 13.2 Å². The Morgan fingerprint density at radius 2 is 1.16 bits per heavy atom. The monoisotopic (exact) mass is 344 g/mol. The number of nitrogens with zero attached hydrogens (tertiary/aromatic N) is 2. The fraction of sp³-hybridized carbons (Fsp3) is 0.579. The van der Waals surface area contributed by atoms with Crippen LogP contribution in [0.1, 0.15) is 38.5 Å². The normalized spacial score (nSPS) is 28.0. The van der Waals surface area contributed by atoms with E-state index in [1.807, 2.05) is 0 Å². The SMILES string of the molecule is C=CCCN1C(=O)C2C(=O)N(CCC=C)C(=O)C(C1=O)C21CCCC1. The van der Waals surface area contributed by atoms with Gasteiger partial charge < -0.3 is 0 Å². The quantitative estimate of drug-likeness (QED) is 0.417. The van der Waals surface area contributed by atoms with Gasteiger partial charge in [-0.2, -0.15) is 0 Å². The lowest BCUT2D eigenvalue weighted by molar-refractivity contribution is -0.186. The van der Waals surface area contributed by atoms with Gasteiger partial charge >= 0.3 is 0 Å². The molecular weight excluding hydrogens is 320 g/mol. The molecule has 4 amide bonds. The minimum Gasteiger partial charge on any atom is -0.281 e. The van der Waals surface area contributed by atoms with Gasteiger partial charge in [0.1, 0.15) is 11.8 Å². The van der Waals surface area contributed by atoms with E-state index in [0.29, 0.717) is 25.7 Å². The first kappa shape index (κ1) is 17.6. The van der Waals surface area contributed by atoms with Crippen molar-refractivity contribution in [3.05, 3.63) is 25.3 Å². The number of imide groups is 2. The van der Waals surface area contributed by atoms with E-state index in [9.17, 15) is 19.2 Å². The molecule has 6 heteroatoms. The lowest BCUT2D eigenvalue weighted by atomic mass is 9.58. The topological polar surface area (TPSA) is 74.8 Å². The lowest BCUT2D eigenvalue weighted by Gasteiger charge is -2.52. The highest BCUT2D eigenvalue weighted by molar-refractivity contribution is 6.22. The summed E-state index contributed by atoms with van der Waals surface area (Å²) in [6.07, 6.45) is 7.00. The molecule has 0 atom stereocenters. The Labute approximate surface area is 147 Å². The Morgan fingerprint density at radius 1 is 0.800 bits per heavy atom. The molecule has 3 rings (SSSR count). The molecule has 3 aliphatic rings. The summed E-state index contributed by atoms with van der Waals surface area (Å²) in [7, 11) is 0. The van der Waals surface area contributed by atoms with Gasteiger partial charge in [-0.3, -0.25) is 29.0 Å². The van der Waals surface area contributed by atoms with Crippen LogP contribution in [0, 0.1) is 17.3 Å². The highest BCUT2D eigenvalue weighted by Gasteiger charge is 2.68. The molecule has 0 aromatic heterocycles. The maximum atomic E-state index is 13.0. The molecule has 2 aliphatic heterocycles. The molecule has 0 unspecified atom stereocenters. The summed E-state index contributed by atoms with van der Waals surface area (Å²) in [4.78, 5) is 54.4. The maximum absolute atomic E-state index is 13.0. The molecule has 1 spiro atoms. The maximum Gasteiger partial charge on any atom is 0.242 e. The summed E-state index contributed by atoms with van der Waals surface area (Å²) in [5, 5.41) is 0. The summed E-state index contributed by atoms with van der Waals surface area (Å²) in [5.41, 5.74) is -0.808. The summed E-state index contributed by atoms with van der Waals surface area (Å²) in [6, 6.07) is 0. The van der Waals surface area contributed by atoms with Crippen molar-refractivity contribution in [2.45, 2.75) is 38.5 Å². The van der Waals surface area contributed by atoms with Gasteiger partial charge in [0.25, 0.3) is 0 Å². The van der Waals surface area contributed by atoms with Crippen molar-refractivity contribution in [1.82, 2.24) is 9.80 Å². The fourth-order valence-corrected chi connectivity index (χ4v) is 4.69. The van der Waals surface area contributed by atoms with Crippen LogP contribution in [0.25, 0.3) is 0 Å². The Kier molecular flexibility index (Phi) is 4.62. The van der Waals surface area contributed by atoms with Gasteiger partial charge in [0.15, 0.2) is 0 Å². The Bertz CT molecular complexity index is 566. The molecule has 1 aliphatic carbocycles. The van der Waals surface area contributed by atoms with Crippen LogP contribution in [-0.4, -0.2) is 46.5 Å². The number of hydrogen-bond acceptors (Lipinski definition) is 4. The van der Waals surface area contributed by atoms with Gasteiger partial charge in [0.2, 0.25) is 23.6 Å². The molecule has 6 nitrogen and oxygen atoms in total. The summed E-state index contributed by atoms with van der Waals surface area (Å²) in [6.45, 7) is 7.58. The first-order chi connectivity index (χ1) is 12.0. The zero-order chi connectivity index (χ0) is 18.2. The van der Waals surface area contributed by atoms with Crippen LogP contribution in [0.2, 0.25) is 0 Å². The third-order valence-corrected chi connectivity index (χ3v) is 5.85. The average molecular weight is 344 g/mol. The largest absolute Gasteiger partial charge is 0.281 e. The Morgan fingerprint density at radius 3 is 1.48 bits per heavy atom. The van der Waals surface area contributed by atoms with Crippen LogP contribution >= 0.6 is 0 Å². The second-order valence-corrected chi connectivity index (χ2v) is 7.12. The number of likely N-dealkylation sites (tertiary alicyclic amines) is 2. The minimum atomic E-state index is -0.912. The van der Waals surface area contributed by atoms with Crippen LogP contribution < -0.4 is 0 Å². The van der Waals surface area contributed by atoms with Crippen LogP contribution in [0.5, 0.6) is 0 Å². The smallest absolute Gasteiger partial charge is 0.242 e. The summed E-state index contributed by atoms with van der Waals surface area (Å²) in [5.74, 6) is -3.58. The van der Waals surface area contributed by atoms with E-state index in [1.165, 1.54) is 0 Å². The Hall–Kier alpha value is -2.24. The highest BCUT2D eigenvalue weighted by atomic mass is 16.2. The number of carbonyl (C=O) groups excluding carboxylic acids is 4. The zero-order valence-corrected chi connectivity index (χ0v) is 14.4. The molecule has 0 N–H and O–H groups in total. The molecule has 0 radical (unpaired) electrons. The molecule has 0 aromatic carbocycles. The summed E-state index contributed by atoms with van der Waals surface area (Å²) >= 11 is 0. The number of rotatable bonds is 6. The first-order valence-corrected chi connectivity index (χ1v) is 8.92. The molecule has 134 valence electrons. The van der Waals surface area contributed by atoms with Crippen LogP contribution in [-0.2, 0) is 19.2 Å². The van der Waals surface area contributed by atoms with Gasteiger partial charge in [0, 0.05) is 18.5 Å². The van der Waals surface area contributed by atoms with Crippen molar-refractivity contribution in [1.29, 1.82) is 0 Å². The van der Waals surface area contributed by atoms with Gasteiger partial charge in [-0.1, -0.05) is 25.0 Å². The summed E-state index contributed by atoms with van der Waals surface area (Å²) < 4.78 is 0. The van der Waals surface area contributed by atoms with Crippen LogP contribution in [0.4, 0.5) is 0 Å².